The van der Waals surface area contributed by atoms with E-state index in [-0.39, 0.29) is 6.04 Å². The van der Waals surface area contributed by atoms with Gasteiger partial charge >= 0.3 is 0 Å². The summed E-state index contributed by atoms with van der Waals surface area (Å²) in [5, 5.41) is 0.598. The second-order valence-electron chi connectivity index (χ2n) is 4.51. The number of halogens is 1. The molecule has 0 saturated carbocycles. The molecule has 0 aliphatic heterocycles. The number of primary amides is 1. The van der Waals surface area contributed by atoms with Crippen molar-refractivity contribution in [2.24, 2.45) is 11.5 Å². The highest BCUT2D eigenvalue weighted by atomic mass is 35.5. The van der Waals surface area contributed by atoms with Crippen LogP contribution in [0, 0.1) is 0 Å². The smallest absolute Gasteiger partial charge is 0.258 e. The van der Waals surface area contributed by atoms with Gasteiger partial charge in [-0.15, -0.1) is 0 Å². The quantitative estimate of drug-likeness (QED) is 0.806. The zero-order valence-electron chi connectivity index (χ0n) is 11.4. The van der Waals surface area contributed by atoms with Crippen LogP contribution in [-0.2, 0) is 11.2 Å². The van der Waals surface area contributed by atoms with Crippen molar-refractivity contribution in [1.29, 1.82) is 0 Å². The van der Waals surface area contributed by atoms with E-state index in [1.54, 1.807) is 18.2 Å². The Bertz CT molecular complexity index is 437. The number of amides is 1. The number of rotatable bonds is 7. The summed E-state index contributed by atoms with van der Waals surface area (Å²) in [5.74, 6) is 0.107. The van der Waals surface area contributed by atoms with Gasteiger partial charge in [0.05, 0.1) is 0 Å². The number of nitrogens with two attached hydrogens (primary N) is 2. The number of carbonyl (C=O) groups is 1. The van der Waals surface area contributed by atoms with Gasteiger partial charge in [0.15, 0.2) is 6.10 Å². The molecule has 0 aromatic heterocycles. The van der Waals surface area contributed by atoms with Crippen LogP contribution >= 0.6 is 11.6 Å². The first kappa shape index (κ1) is 15.8. The molecule has 1 amide bonds. The number of hydrogen-bond acceptors (Lipinski definition) is 3. The molecular weight excluding hydrogens is 264 g/mol. The van der Waals surface area contributed by atoms with Crippen LogP contribution in [0.2, 0.25) is 5.02 Å². The van der Waals surface area contributed by atoms with Gasteiger partial charge in [0.2, 0.25) is 0 Å². The second kappa shape index (κ2) is 7.36. The minimum atomic E-state index is -0.643. The Hall–Kier alpha value is -1.26. The molecule has 0 fully saturated rings. The third kappa shape index (κ3) is 4.40. The van der Waals surface area contributed by atoms with Crippen molar-refractivity contribution in [1.82, 2.24) is 0 Å². The van der Waals surface area contributed by atoms with E-state index in [2.05, 4.69) is 0 Å². The molecule has 0 radical (unpaired) electrons. The molecule has 1 aromatic rings. The van der Waals surface area contributed by atoms with E-state index in [1.165, 1.54) is 0 Å². The van der Waals surface area contributed by atoms with Crippen molar-refractivity contribution >= 4 is 17.5 Å². The van der Waals surface area contributed by atoms with Crippen molar-refractivity contribution < 1.29 is 9.53 Å². The van der Waals surface area contributed by atoms with Crippen molar-refractivity contribution in [3.8, 4) is 5.75 Å². The van der Waals surface area contributed by atoms with Gasteiger partial charge in [-0.1, -0.05) is 31.5 Å². The maximum absolute atomic E-state index is 11.2. The molecule has 5 heteroatoms. The average molecular weight is 285 g/mol. The fraction of sp³-hybridized carbons (Fsp3) is 0.500. The van der Waals surface area contributed by atoms with Crippen LogP contribution in [0.15, 0.2) is 18.2 Å². The van der Waals surface area contributed by atoms with Gasteiger partial charge in [-0.2, -0.15) is 0 Å². The topological polar surface area (TPSA) is 78.3 Å². The largest absolute Gasteiger partial charge is 0.480 e. The van der Waals surface area contributed by atoms with Crippen molar-refractivity contribution in [2.75, 3.05) is 0 Å². The molecule has 4 N–H and O–H groups in total. The fourth-order valence-electron chi connectivity index (χ4n) is 1.75. The highest BCUT2D eigenvalue weighted by Gasteiger charge is 2.18. The lowest BCUT2D eigenvalue weighted by molar-refractivity contribution is -0.124. The number of ether oxygens (including phenoxy) is 1. The molecule has 1 rings (SSSR count). The maximum atomic E-state index is 11.2. The van der Waals surface area contributed by atoms with Crippen LogP contribution in [0.5, 0.6) is 5.75 Å². The lowest BCUT2D eigenvalue weighted by atomic mass is 10.0. The summed E-state index contributed by atoms with van der Waals surface area (Å²) in [7, 11) is 0. The normalized spacial score (nSPS) is 13.9. The first-order valence-electron chi connectivity index (χ1n) is 6.48. The average Bonchev–Trinajstić information content (AvgIpc) is 2.38. The Kier molecular flexibility index (Phi) is 6.12. The molecule has 0 saturated heterocycles. The first-order chi connectivity index (χ1) is 8.99. The van der Waals surface area contributed by atoms with Gasteiger partial charge in [-0.3, -0.25) is 4.79 Å². The third-order valence-corrected chi connectivity index (χ3v) is 3.38. The minimum Gasteiger partial charge on any atom is -0.480 e. The van der Waals surface area contributed by atoms with E-state index in [1.807, 2.05) is 13.8 Å². The summed E-state index contributed by atoms with van der Waals surface area (Å²) in [6, 6.07) is 5.37. The zero-order chi connectivity index (χ0) is 14.4. The van der Waals surface area contributed by atoms with Gasteiger partial charge in [0.25, 0.3) is 5.91 Å². The summed E-state index contributed by atoms with van der Waals surface area (Å²) in [4.78, 5) is 11.2. The van der Waals surface area contributed by atoms with Crippen LogP contribution in [0.4, 0.5) is 0 Å². The van der Waals surface area contributed by atoms with E-state index >= 15 is 0 Å². The molecule has 0 spiro atoms. The van der Waals surface area contributed by atoms with E-state index in [9.17, 15) is 4.79 Å². The molecule has 2 atom stereocenters. The van der Waals surface area contributed by atoms with Crippen LogP contribution in [-0.4, -0.2) is 18.1 Å². The molecule has 1 aromatic carbocycles. The van der Waals surface area contributed by atoms with Gasteiger partial charge in [-0.05, 0) is 31.4 Å². The van der Waals surface area contributed by atoms with Crippen molar-refractivity contribution in [3.63, 3.8) is 0 Å². The van der Waals surface area contributed by atoms with E-state index in [0.717, 1.165) is 12.0 Å². The predicted molar refractivity (Wildman–Crippen MR) is 77.3 cm³/mol. The molecule has 2 unspecified atom stereocenters. The molecular formula is C14H21ClN2O2. The van der Waals surface area contributed by atoms with Crippen molar-refractivity contribution in [2.45, 2.75) is 45.3 Å². The molecule has 4 nitrogen and oxygen atoms in total. The van der Waals surface area contributed by atoms with E-state index in [0.29, 0.717) is 23.6 Å². The van der Waals surface area contributed by atoms with Crippen molar-refractivity contribution in [3.05, 3.63) is 28.8 Å². The molecule has 19 heavy (non-hydrogen) atoms. The van der Waals surface area contributed by atoms with Gasteiger partial charge < -0.3 is 16.2 Å². The number of carbonyl (C=O) groups excluding carboxylic acids is 1. The summed E-state index contributed by atoms with van der Waals surface area (Å²) >= 11 is 6.18. The molecule has 0 aliphatic carbocycles. The Labute approximate surface area is 119 Å². The summed E-state index contributed by atoms with van der Waals surface area (Å²) in [6.45, 7) is 3.86. The fourth-order valence-corrected chi connectivity index (χ4v) is 1.99. The Morgan fingerprint density at radius 2 is 2.05 bits per heavy atom. The lowest BCUT2D eigenvalue weighted by Gasteiger charge is -2.19. The van der Waals surface area contributed by atoms with Gasteiger partial charge in [0.1, 0.15) is 5.75 Å². The van der Waals surface area contributed by atoms with Crippen LogP contribution in [0.1, 0.15) is 32.3 Å². The zero-order valence-corrected chi connectivity index (χ0v) is 12.1. The highest BCUT2D eigenvalue weighted by Crippen LogP contribution is 2.29. The summed E-state index contributed by atoms with van der Waals surface area (Å²) in [6.07, 6.45) is 1.33. The standard InChI is InChI=1S/C14H21ClN2O2/c1-3-9(16)8-10-11(15)6-5-7-13(10)19-12(4-2)14(17)18/h5-7,9,12H,3-4,8,16H2,1-2H3,(H2,17,18). The van der Waals surface area contributed by atoms with Crippen LogP contribution < -0.4 is 16.2 Å². The Morgan fingerprint density at radius 3 is 2.58 bits per heavy atom. The maximum Gasteiger partial charge on any atom is 0.258 e. The number of hydrogen-bond donors (Lipinski definition) is 2. The number of benzene rings is 1. The predicted octanol–water partition coefficient (Wildman–Crippen LogP) is 2.26. The SMILES string of the molecule is CCC(N)Cc1c(Cl)cccc1OC(CC)C(N)=O. The first-order valence-corrected chi connectivity index (χ1v) is 6.86. The molecule has 0 aliphatic rings. The molecule has 0 bridgehead atoms. The third-order valence-electron chi connectivity index (χ3n) is 3.02. The Morgan fingerprint density at radius 1 is 1.37 bits per heavy atom. The van der Waals surface area contributed by atoms with Gasteiger partial charge in [-0.25, -0.2) is 0 Å². The van der Waals surface area contributed by atoms with Gasteiger partial charge in [0, 0.05) is 16.6 Å². The van der Waals surface area contributed by atoms with E-state index in [4.69, 9.17) is 27.8 Å². The lowest BCUT2D eigenvalue weighted by Crippen LogP contribution is -2.33. The minimum absolute atomic E-state index is 0.0101. The Balaban J connectivity index is 2.99. The van der Waals surface area contributed by atoms with Crippen LogP contribution in [0.3, 0.4) is 0 Å². The van der Waals surface area contributed by atoms with E-state index < -0.39 is 12.0 Å². The summed E-state index contributed by atoms with van der Waals surface area (Å²) in [5.41, 5.74) is 12.1. The molecule has 0 heterocycles. The molecule has 106 valence electrons. The monoisotopic (exact) mass is 284 g/mol. The summed E-state index contributed by atoms with van der Waals surface area (Å²) < 4.78 is 5.67. The van der Waals surface area contributed by atoms with Crippen LogP contribution in [0.25, 0.3) is 0 Å². The second-order valence-corrected chi connectivity index (χ2v) is 4.91. The highest BCUT2D eigenvalue weighted by molar-refractivity contribution is 6.31.